The fraction of sp³-hybridized carbons (Fsp3) is 0.350. The van der Waals surface area contributed by atoms with Gasteiger partial charge in [-0.15, -0.1) is 11.3 Å². The second-order valence-electron chi connectivity index (χ2n) is 6.66. The number of carbonyl (C=O) groups is 1. The molecule has 0 saturated heterocycles. The largest absolute Gasteiger partial charge is 0.457 e. The first-order chi connectivity index (χ1) is 12.9. The van der Waals surface area contributed by atoms with E-state index < -0.39 is 5.97 Å². The molecule has 0 aliphatic heterocycles. The fourth-order valence-corrected chi connectivity index (χ4v) is 3.78. The van der Waals surface area contributed by atoms with Crippen LogP contribution in [0.2, 0.25) is 0 Å². The average Bonchev–Trinajstić information content (AvgIpc) is 3.14. The van der Waals surface area contributed by atoms with Gasteiger partial charge >= 0.3 is 11.7 Å². The molecule has 3 rings (SSSR count). The van der Waals surface area contributed by atoms with Crippen LogP contribution in [0, 0.1) is 5.92 Å². The summed E-state index contributed by atoms with van der Waals surface area (Å²) in [5.41, 5.74) is 0.167. The number of aromatic nitrogens is 2. The van der Waals surface area contributed by atoms with Gasteiger partial charge in [-0.05, 0) is 17.5 Å². The molecule has 0 amide bonds. The molecule has 0 aliphatic rings. The molecule has 6 nitrogen and oxygen atoms in total. The number of hydrogen-bond donors (Lipinski definition) is 0. The van der Waals surface area contributed by atoms with E-state index >= 15 is 0 Å². The predicted octanol–water partition coefficient (Wildman–Crippen LogP) is 3.16. The van der Waals surface area contributed by atoms with Crippen molar-refractivity contribution in [2.45, 2.75) is 33.4 Å². The Morgan fingerprint density at radius 3 is 2.59 bits per heavy atom. The van der Waals surface area contributed by atoms with Crippen molar-refractivity contribution in [3.05, 3.63) is 67.7 Å². The number of thiophene rings is 1. The van der Waals surface area contributed by atoms with E-state index in [0.29, 0.717) is 21.6 Å². The molecule has 1 atom stereocenters. The summed E-state index contributed by atoms with van der Waals surface area (Å²) in [6.45, 7) is 4.53. The highest BCUT2D eigenvalue weighted by Gasteiger charge is 2.19. The van der Waals surface area contributed by atoms with Crippen molar-refractivity contribution >= 4 is 27.5 Å². The smallest absolute Gasteiger partial charge is 0.348 e. The minimum atomic E-state index is -0.500. The lowest BCUT2D eigenvalue weighted by Gasteiger charge is -2.12. The van der Waals surface area contributed by atoms with Gasteiger partial charge in [0.2, 0.25) is 0 Å². The van der Waals surface area contributed by atoms with Gasteiger partial charge in [-0.1, -0.05) is 50.6 Å². The van der Waals surface area contributed by atoms with Crippen molar-refractivity contribution in [1.29, 1.82) is 0 Å². The summed E-state index contributed by atoms with van der Waals surface area (Å²) in [4.78, 5) is 38.5. The van der Waals surface area contributed by atoms with Crippen LogP contribution in [0.25, 0.3) is 10.2 Å². The first-order valence-electron chi connectivity index (χ1n) is 8.86. The molecule has 27 heavy (non-hydrogen) atoms. The van der Waals surface area contributed by atoms with Gasteiger partial charge in [0, 0.05) is 13.6 Å². The Morgan fingerprint density at radius 2 is 1.93 bits per heavy atom. The Kier molecular flexibility index (Phi) is 5.60. The van der Waals surface area contributed by atoms with Crippen molar-refractivity contribution in [1.82, 2.24) is 9.13 Å². The monoisotopic (exact) mass is 386 g/mol. The molecule has 0 fully saturated rings. The topological polar surface area (TPSA) is 70.3 Å². The molecular formula is C20H22N2O4S. The number of ether oxygens (including phenoxy) is 1. The normalized spacial score (nSPS) is 12.3. The first-order valence-corrected chi connectivity index (χ1v) is 9.68. The third kappa shape index (κ3) is 3.88. The van der Waals surface area contributed by atoms with Crippen molar-refractivity contribution in [2.24, 2.45) is 13.0 Å². The minimum absolute atomic E-state index is 0.158. The maximum atomic E-state index is 12.8. The van der Waals surface area contributed by atoms with E-state index in [1.54, 1.807) is 7.05 Å². The highest BCUT2D eigenvalue weighted by atomic mass is 32.1. The van der Waals surface area contributed by atoms with E-state index in [0.717, 1.165) is 23.3 Å². The number of aryl methyl sites for hydroxylation is 1. The second kappa shape index (κ2) is 7.92. The van der Waals surface area contributed by atoms with E-state index in [9.17, 15) is 14.4 Å². The third-order valence-corrected chi connectivity index (χ3v) is 5.81. The summed E-state index contributed by atoms with van der Waals surface area (Å²) in [5.74, 6) is -0.290. The van der Waals surface area contributed by atoms with Crippen LogP contribution in [0.3, 0.4) is 0 Å². The first kappa shape index (κ1) is 19.1. The lowest BCUT2D eigenvalue weighted by molar-refractivity contribution is 0.0478. The number of benzene rings is 1. The molecule has 0 spiro atoms. The van der Waals surface area contributed by atoms with Crippen LogP contribution >= 0.6 is 11.3 Å². The molecule has 0 N–H and O–H groups in total. The lowest BCUT2D eigenvalue weighted by Crippen LogP contribution is -2.39. The van der Waals surface area contributed by atoms with Crippen LogP contribution in [0.1, 0.15) is 35.5 Å². The zero-order valence-corrected chi connectivity index (χ0v) is 16.4. The van der Waals surface area contributed by atoms with Gasteiger partial charge in [-0.25, -0.2) is 9.59 Å². The summed E-state index contributed by atoms with van der Waals surface area (Å²) in [7, 11) is 1.62. The van der Waals surface area contributed by atoms with E-state index in [1.807, 2.05) is 44.2 Å². The van der Waals surface area contributed by atoms with Crippen molar-refractivity contribution < 1.29 is 9.53 Å². The molecule has 2 heterocycles. The summed E-state index contributed by atoms with van der Waals surface area (Å²) >= 11 is 1.10. The van der Waals surface area contributed by atoms with E-state index in [-0.39, 0.29) is 23.8 Å². The van der Waals surface area contributed by atoms with Crippen molar-refractivity contribution in [3.8, 4) is 0 Å². The van der Waals surface area contributed by atoms with Gasteiger partial charge in [0.05, 0.1) is 5.39 Å². The van der Waals surface area contributed by atoms with Crippen LogP contribution < -0.4 is 11.2 Å². The number of rotatable bonds is 6. The van der Waals surface area contributed by atoms with Gasteiger partial charge in [0.1, 0.15) is 16.3 Å². The van der Waals surface area contributed by atoms with E-state index in [2.05, 4.69) is 0 Å². The molecule has 0 aliphatic carbocycles. The van der Waals surface area contributed by atoms with Crippen LogP contribution in [0.15, 0.2) is 46.0 Å². The van der Waals surface area contributed by atoms with Crippen LogP contribution in [-0.4, -0.2) is 15.1 Å². The van der Waals surface area contributed by atoms with Crippen LogP contribution in [0.5, 0.6) is 0 Å². The maximum absolute atomic E-state index is 12.8. The number of carbonyl (C=O) groups excluding carboxylic acids is 1. The summed E-state index contributed by atoms with van der Waals surface area (Å²) in [6.07, 6.45) is 0.869. The minimum Gasteiger partial charge on any atom is -0.457 e. The molecular weight excluding hydrogens is 364 g/mol. The van der Waals surface area contributed by atoms with E-state index in [4.69, 9.17) is 4.74 Å². The van der Waals surface area contributed by atoms with Gasteiger partial charge in [0.25, 0.3) is 5.56 Å². The highest BCUT2D eigenvalue weighted by Crippen LogP contribution is 2.23. The summed E-state index contributed by atoms with van der Waals surface area (Å²) in [5, 5.41) is 0.372. The highest BCUT2D eigenvalue weighted by molar-refractivity contribution is 7.20. The Morgan fingerprint density at radius 1 is 1.22 bits per heavy atom. The third-order valence-electron chi connectivity index (χ3n) is 4.62. The Balaban J connectivity index is 1.93. The quantitative estimate of drug-likeness (QED) is 0.610. The van der Waals surface area contributed by atoms with Gasteiger partial charge in [-0.3, -0.25) is 13.9 Å². The number of fused-ring (bicyclic) bond motifs is 1. The van der Waals surface area contributed by atoms with Crippen LogP contribution in [0.4, 0.5) is 0 Å². The Hall–Kier alpha value is -2.67. The molecule has 7 heteroatoms. The average molecular weight is 386 g/mol. The standard InChI is InChI=1S/C20H22N2O4S/c1-4-13(2)11-22-17(23)15-10-16(27-18(15)21(3)20(22)25)19(24)26-12-14-8-6-5-7-9-14/h5-10,13H,4,11-12H2,1-3H3/t13-/m0/s1. The molecule has 0 radical (unpaired) electrons. The molecule has 0 unspecified atom stereocenters. The number of nitrogens with zero attached hydrogens (tertiary/aromatic N) is 2. The van der Waals surface area contributed by atoms with Crippen molar-refractivity contribution in [2.75, 3.05) is 0 Å². The zero-order chi connectivity index (χ0) is 19.6. The maximum Gasteiger partial charge on any atom is 0.348 e. The van der Waals surface area contributed by atoms with Crippen molar-refractivity contribution in [3.63, 3.8) is 0 Å². The van der Waals surface area contributed by atoms with Gasteiger partial charge < -0.3 is 4.74 Å². The molecule has 2 aromatic heterocycles. The molecule has 142 valence electrons. The SMILES string of the molecule is CC[C@H](C)Cn1c(=O)c2cc(C(=O)OCc3ccccc3)sc2n(C)c1=O. The number of hydrogen-bond acceptors (Lipinski definition) is 5. The second-order valence-corrected chi connectivity index (χ2v) is 7.69. The molecule has 3 aromatic rings. The van der Waals surface area contributed by atoms with Gasteiger partial charge in [0.15, 0.2) is 0 Å². The summed E-state index contributed by atoms with van der Waals surface area (Å²) in [6, 6.07) is 10.9. The zero-order valence-electron chi connectivity index (χ0n) is 15.6. The lowest BCUT2D eigenvalue weighted by atomic mass is 10.1. The van der Waals surface area contributed by atoms with Gasteiger partial charge in [-0.2, -0.15) is 0 Å². The Labute approximate surface area is 160 Å². The van der Waals surface area contributed by atoms with E-state index in [1.165, 1.54) is 15.2 Å². The van der Waals surface area contributed by atoms with Crippen LogP contribution in [-0.2, 0) is 24.9 Å². The Bertz CT molecular complexity index is 1080. The summed E-state index contributed by atoms with van der Waals surface area (Å²) < 4.78 is 8.02. The predicted molar refractivity (Wildman–Crippen MR) is 106 cm³/mol. The number of esters is 1. The molecule has 0 saturated carbocycles. The fourth-order valence-electron chi connectivity index (χ4n) is 2.78. The molecule has 0 bridgehead atoms. The molecule has 1 aromatic carbocycles.